The molecule has 1 fully saturated rings. The third kappa shape index (κ3) is 5.44. The molecule has 0 bridgehead atoms. The third-order valence-corrected chi connectivity index (χ3v) is 7.42. The first-order chi connectivity index (χ1) is 14.2. The summed E-state index contributed by atoms with van der Waals surface area (Å²) in [6.07, 6.45) is 0. The fourth-order valence-electron chi connectivity index (χ4n) is 3.22. The molecule has 0 unspecified atom stereocenters. The lowest BCUT2D eigenvalue weighted by Gasteiger charge is -2.35. The first-order valence-corrected chi connectivity index (χ1v) is 11.6. The Balaban J connectivity index is 1.58. The maximum absolute atomic E-state index is 12.5. The molecule has 0 aromatic heterocycles. The van der Waals surface area contributed by atoms with Crippen LogP contribution >= 0.6 is 23.2 Å². The van der Waals surface area contributed by atoms with Crippen molar-refractivity contribution in [3.8, 4) is 0 Å². The molecule has 2 aromatic carbocycles. The van der Waals surface area contributed by atoms with Crippen molar-refractivity contribution in [2.45, 2.75) is 4.90 Å². The zero-order valence-electron chi connectivity index (χ0n) is 16.8. The molecule has 1 aliphatic rings. The molecule has 7 nitrogen and oxygen atoms in total. The summed E-state index contributed by atoms with van der Waals surface area (Å²) in [6.45, 7) is 3.28. The molecule has 10 heteroatoms. The number of hydrogen-bond donors (Lipinski definition) is 1. The van der Waals surface area contributed by atoms with E-state index in [1.165, 1.54) is 26.2 Å². The van der Waals surface area contributed by atoms with Crippen LogP contribution in [-0.4, -0.2) is 70.3 Å². The van der Waals surface area contributed by atoms with E-state index in [0.717, 1.165) is 36.2 Å². The molecular formula is C20H24Cl2N4O3S. The van der Waals surface area contributed by atoms with Gasteiger partial charge in [0.15, 0.2) is 0 Å². The van der Waals surface area contributed by atoms with Crippen LogP contribution in [0.1, 0.15) is 0 Å². The van der Waals surface area contributed by atoms with Gasteiger partial charge in [0, 0.05) is 56.7 Å². The second-order valence-electron chi connectivity index (χ2n) is 7.22. The highest BCUT2D eigenvalue weighted by molar-refractivity contribution is 7.89. The highest BCUT2D eigenvalue weighted by Crippen LogP contribution is 2.27. The van der Waals surface area contributed by atoms with Crippen LogP contribution < -0.4 is 10.2 Å². The van der Waals surface area contributed by atoms with Gasteiger partial charge in [-0.15, -0.1) is 0 Å². The van der Waals surface area contributed by atoms with Crippen LogP contribution in [0.4, 0.5) is 11.4 Å². The van der Waals surface area contributed by atoms with E-state index in [2.05, 4.69) is 15.1 Å². The molecule has 1 N–H and O–H groups in total. The minimum Gasteiger partial charge on any atom is -0.369 e. The predicted molar refractivity (Wildman–Crippen MR) is 121 cm³/mol. The van der Waals surface area contributed by atoms with E-state index >= 15 is 0 Å². The fourth-order valence-corrected chi connectivity index (χ4v) is 4.79. The second kappa shape index (κ2) is 9.53. The molecule has 0 aliphatic carbocycles. The highest BCUT2D eigenvalue weighted by atomic mass is 35.5. The molecule has 3 rings (SSSR count). The maximum atomic E-state index is 12.5. The number of anilines is 2. The van der Waals surface area contributed by atoms with E-state index in [0.29, 0.717) is 10.7 Å². The molecule has 0 saturated carbocycles. The monoisotopic (exact) mass is 470 g/mol. The van der Waals surface area contributed by atoms with Gasteiger partial charge in [0.05, 0.1) is 11.6 Å². The molecule has 1 heterocycles. The number of halogens is 2. The number of amides is 1. The number of carbonyl (C=O) groups is 1. The van der Waals surface area contributed by atoms with E-state index in [9.17, 15) is 13.2 Å². The smallest absolute Gasteiger partial charge is 0.244 e. The SMILES string of the molecule is CN(C)S(=O)(=O)c1cc(NC(=O)CN2CCN(c3cccc(Cl)c3)CC2)ccc1Cl. The average molecular weight is 471 g/mol. The van der Waals surface area contributed by atoms with Gasteiger partial charge in [-0.2, -0.15) is 0 Å². The lowest BCUT2D eigenvalue weighted by molar-refractivity contribution is -0.117. The number of benzene rings is 2. The molecule has 0 radical (unpaired) electrons. The van der Waals surface area contributed by atoms with E-state index in [1.54, 1.807) is 6.07 Å². The van der Waals surface area contributed by atoms with Crippen LogP contribution in [0.5, 0.6) is 0 Å². The van der Waals surface area contributed by atoms with Crippen LogP contribution in [0.15, 0.2) is 47.4 Å². The van der Waals surface area contributed by atoms with Crippen LogP contribution in [-0.2, 0) is 14.8 Å². The van der Waals surface area contributed by atoms with Crippen molar-refractivity contribution in [2.75, 3.05) is 57.0 Å². The summed E-state index contributed by atoms with van der Waals surface area (Å²) in [7, 11) is -0.843. The lowest BCUT2D eigenvalue weighted by Crippen LogP contribution is -2.48. The van der Waals surface area contributed by atoms with Gasteiger partial charge in [0.25, 0.3) is 0 Å². The summed E-state index contributed by atoms with van der Waals surface area (Å²) in [5, 5.41) is 3.58. The van der Waals surface area contributed by atoms with Crippen molar-refractivity contribution in [3.63, 3.8) is 0 Å². The van der Waals surface area contributed by atoms with Gasteiger partial charge in [0.1, 0.15) is 4.90 Å². The van der Waals surface area contributed by atoms with Gasteiger partial charge >= 0.3 is 0 Å². The topological polar surface area (TPSA) is 73.0 Å². The van der Waals surface area contributed by atoms with Gasteiger partial charge in [-0.1, -0.05) is 29.3 Å². The summed E-state index contributed by atoms with van der Waals surface area (Å²) in [6, 6.07) is 12.2. The number of nitrogens with zero attached hydrogens (tertiary/aromatic N) is 3. The number of piperazine rings is 1. The summed E-state index contributed by atoms with van der Waals surface area (Å²) in [4.78, 5) is 16.7. The molecule has 1 aliphatic heterocycles. The first kappa shape index (κ1) is 22.8. The minimum absolute atomic E-state index is 0.0397. The third-order valence-electron chi connectivity index (χ3n) is 4.89. The van der Waals surface area contributed by atoms with Crippen LogP contribution in [0.3, 0.4) is 0 Å². The molecule has 1 saturated heterocycles. The Bertz CT molecular complexity index is 1020. The zero-order valence-corrected chi connectivity index (χ0v) is 19.1. The van der Waals surface area contributed by atoms with E-state index in [-0.39, 0.29) is 22.4 Å². The molecular weight excluding hydrogens is 447 g/mol. The van der Waals surface area contributed by atoms with Crippen molar-refractivity contribution in [1.29, 1.82) is 0 Å². The molecule has 1 amide bonds. The molecule has 0 spiro atoms. The van der Waals surface area contributed by atoms with E-state index in [1.807, 2.05) is 24.3 Å². The Morgan fingerprint density at radius 2 is 1.77 bits per heavy atom. The number of hydrogen-bond acceptors (Lipinski definition) is 5. The van der Waals surface area contributed by atoms with Crippen molar-refractivity contribution in [3.05, 3.63) is 52.5 Å². The van der Waals surface area contributed by atoms with E-state index < -0.39 is 10.0 Å². The van der Waals surface area contributed by atoms with Crippen LogP contribution in [0, 0.1) is 0 Å². The van der Waals surface area contributed by atoms with E-state index in [4.69, 9.17) is 23.2 Å². The van der Waals surface area contributed by atoms with Crippen molar-refractivity contribution < 1.29 is 13.2 Å². The Hall–Kier alpha value is -1.84. The normalized spacial score (nSPS) is 15.4. The minimum atomic E-state index is -3.70. The average Bonchev–Trinajstić information content (AvgIpc) is 2.69. The van der Waals surface area contributed by atoms with Crippen LogP contribution in [0.25, 0.3) is 0 Å². The molecule has 0 atom stereocenters. The van der Waals surface area contributed by atoms with Gasteiger partial charge in [-0.05, 0) is 36.4 Å². The second-order valence-corrected chi connectivity index (χ2v) is 10.2. The Labute approximate surface area is 187 Å². The molecule has 30 heavy (non-hydrogen) atoms. The highest BCUT2D eigenvalue weighted by Gasteiger charge is 2.23. The largest absolute Gasteiger partial charge is 0.369 e. The number of sulfonamides is 1. The summed E-state index contributed by atoms with van der Waals surface area (Å²) in [5.74, 6) is -0.207. The lowest BCUT2D eigenvalue weighted by atomic mass is 10.2. The summed E-state index contributed by atoms with van der Waals surface area (Å²) in [5.41, 5.74) is 1.46. The van der Waals surface area contributed by atoms with Gasteiger partial charge in [-0.25, -0.2) is 12.7 Å². The number of carbonyl (C=O) groups excluding carboxylic acids is 1. The molecule has 162 valence electrons. The van der Waals surface area contributed by atoms with Crippen molar-refractivity contribution in [2.24, 2.45) is 0 Å². The summed E-state index contributed by atoms with van der Waals surface area (Å²) >= 11 is 12.1. The van der Waals surface area contributed by atoms with Gasteiger partial charge in [-0.3, -0.25) is 9.69 Å². The first-order valence-electron chi connectivity index (χ1n) is 9.41. The quantitative estimate of drug-likeness (QED) is 0.702. The van der Waals surface area contributed by atoms with Crippen molar-refractivity contribution in [1.82, 2.24) is 9.21 Å². The number of nitrogens with one attached hydrogen (secondary N) is 1. The Morgan fingerprint density at radius 1 is 1.07 bits per heavy atom. The summed E-state index contributed by atoms with van der Waals surface area (Å²) < 4.78 is 25.9. The van der Waals surface area contributed by atoms with Crippen molar-refractivity contribution >= 4 is 50.5 Å². The van der Waals surface area contributed by atoms with Crippen LogP contribution in [0.2, 0.25) is 10.0 Å². The van der Waals surface area contributed by atoms with Gasteiger partial charge < -0.3 is 10.2 Å². The predicted octanol–water partition coefficient (Wildman–Crippen LogP) is 3.00. The Morgan fingerprint density at radius 3 is 2.40 bits per heavy atom. The zero-order chi connectivity index (χ0) is 21.9. The Kier molecular flexibility index (Phi) is 7.26. The van der Waals surface area contributed by atoms with Gasteiger partial charge in [0.2, 0.25) is 15.9 Å². The fraction of sp³-hybridized carbons (Fsp3) is 0.350. The number of rotatable bonds is 6. The standard InChI is InChI=1S/C20H24Cl2N4O3S/c1-24(2)30(28,29)19-13-16(6-7-18(19)22)23-20(27)14-25-8-10-26(11-9-25)17-5-3-4-15(21)12-17/h3-7,12-13H,8-11,14H2,1-2H3,(H,23,27). The maximum Gasteiger partial charge on any atom is 0.244 e. The molecule has 2 aromatic rings.